The predicted octanol–water partition coefficient (Wildman–Crippen LogP) is 1.29. The Balaban J connectivity index is 3.01. The molecule has 1 aromatic heterocycles. The van der Waals surface area contributed by atoms with Crippen molar-refractivity contribution >= 4 is 5.78 Å². The molecule has 82 valence electrons. The summed E-state index contributed by atoms with van der Waals surface area (Å²) in [6.07, 6.45) is 3.30. The van der Waals surface area contributed by atoms with E-state index in [0.717, 1.165) is 11.5 Å². The zero-order chi connectivity index (χ0) is 11.6. The Morgan fingerprint density at radius 1 is 1.40 bits per heavy atom. The molecule has 0 aliphatic rings. The summed E-state index contributed by atoms with van der Waals surface area (Å²) >= 11 is 0. The van der Waals surface area contributed by atoms with Gasteiger partial charge < -0.3 is 9.47 Å². The minimum atomic E-state index is -0.00991. The Kier molecular flexibility index (Phi) is 3.29. The van der Waals surface area contributed by atoms with Crippen LogP contribution in [0, 0.1) is 13.8 Å². The van der Waals surface area contributed by atoms with Gasteiger partial charge in [0.15, 0.2) is 0 Å². The molecule has 0 unspecified atom stereocenters. The van der Waals surface area contributed by atoms with Gasteiger partial charge in [-0.3, -0.25) is 4.79 Å². The summed E-state index contributed by atoms with van der Waals surface area (Å²) in [6, 6.07) is 0. The quantitative estimate of drug-likeness (QED) is 0.554. The maximum absolute atomic E-state index is 11.8. The fourth-order valence-corrected chi connectivity index (χ4v) is 1.41. The Bertz CT molecular complexity index is 402. The van der Waals surface area contributed by atoms with Gasteiger partial charge in [0, 0.05) is 33.4 Å². The second-order valence-electron chi connectivity index (χ2n) is 3.80. The maximum atomic E-state index is 11.8. The first-order valence-electron chi connectivity index (χ1n) is 4.82. The second kappa shape index (κ2) is 4.29. The van der Waals surface area contributed by atoms with Gasteiger partial charge in [-0.2, -0.15) is 0 Å². The summed E-state index contributed by atoms with van der Waals surface area (Å²) in [5, 5.41) is 0. The van der Waals surface area contributed by atoms with E-state index < -0.39 is 0 Å². The van der Waals surface area contributed by atoms with Crippen LogP contribution < -0.4 is 0 Å². The highest BCUT2D eigenvalue weighted by molar-refractivity contribution is 6.04. The van der Waals surface area contributed by atoms with Crippen molar-refractivity contribution in [2.24, 2.45) is 7.05 Å². The molecule has 1 heterocycles. The number of hydrogen-bond acceptors (Lipinski definition) is 3. The van der Waals surface area contributed by atoms with Crippen molar-refractivity contribution in [1.29, 1.82) is 0 Å². The number of aromatic nitrogens is 2. The first-order chi connectivity index (χ1) is 6.93. The van der Waals surface area contributed by atoms with Crippen LogP contribution in [0.25, 0.3) is 0 Å². The highest BCUT2D eigenvalue weighted by atomic mass is 16.1. The Morgan fingerprint density at radius 2 is 2.00 bits per heavy atom. The summed E-state index contributed by atoms with van der Waals surface area (Å²) in [5.74, 6) is 0.846. The third-order valence-corrected chi connectivity index (χ3v) is 2.25. The topological polar surface area (TPSA) is 38.1 Å². The molecule has 4 heteroatoms. The van der Waals surface area contributed by atoms with E-state index in [9.17, 15) is 4.79 Å². The van der Waals surface area contributed by atoms with E-state index in [0.29, 0.717) is 5.69 Å². The van der Waals surface area contributed by atoms with E-state index in [1.807, 2.05) is 44.5 Å². The number of carbonyl (C=O) groups is 1. The van der Waals surface area contributed by atoms with Crippen LogP contribution >= 0.6 is 0 Å². The van der Waals surface area contributed by atoms with Crippen molar-refractivity contribution < 1.29 is 4.79 Å². The molecule has 0 atom stereocenters. The van der Waals surface area contributed by atoms with Gasteiger partial charge >= 0.3 is 0 Å². The van der Waals surface area contributed by atoms with E-state index in [-0.39, 0.29) is 5.78 Å². The van der Waals surface area contributed by atoms with Crippen LogP contribution in [0.2, 0.25) is 0 Å². The molecular weight excluding hydrogens is 190 g/mol. The van der Waals surface area contributed by atoms with Gasteiger partial charge in [0.25, 0.3) is 0 Å². The van der Waals surface area contributed by atoms with Gasteiger partial charge in [0.1, 0.15) is 11.5 Å². The number of nitrogens with zero attached hydrogens (tertiary/aromatic N) is 3. The molecule has 1 aromatic rings. The molecule has 0 amide bonds. The molecule has 0 spiro atoms. The Hall–Kier alpha value is -1.58. The van der Waals surface area contributed by atoms with Crippen LogP contribution in [0.15, 0.2) is 12.3 Å². The molecule has 0 N–H and O–H groups in total. The minimum absolute atomic E-state index is 0.00991. The molecular formula is C11H17N3O. The van der Waals surface area contributed by atoms with E-state index >= 15 is 0 Å². The number of allylic oxidation sites excluding steroid dienone is 1. The van der Waals surface area contributed by atoms with Crippen LogP contribution in [0.1, 0.15) is 22.0 Å². The maximum Gasteiger partial charge on any atom is 0.205 e. The average Bonchev–Trinajstić information content (AvgIpc) is 2.37. The first-order valence-corrected chi connectivity index (χ1v) is 4.82. The van der Waals surface area contributed by atoms with Crippen molar-refractivity contribution in [3.63, 3.8) is 0 Å². The van der Waals surface area contributed by atoms with E-state index in [2.05, 4.69) is 4.98 Å². The monoisotopic (exact) mass is 207 g/mol. The van der Waals surface area contributed by atoms with Gasteiger partial charge in [0.05, 0.1) is 5.69 Å². The summed E-state index contributed by atoms with van der Waals surface area (Å²) in [7, 11) is 5.61. The van der Waals surface area contributed by atoms with Gasteiger partial charge in [-0.15, -0.1) is 0 Å². The molecule has 0 fully saturated rings. The van der Waals surface area contributed by atoms with E-state index in [4.69, 9.17) is 0 Å². The lowest BCUT2D eigenvalue weighted by molar-refractivity contribution is 0.103. The number of carbonyl (C=O) groups excluding carboxylic acids is 1. The summed E-state index contributed by atoms with van der Waals surface area (Å²) in [4.78, 5) is 17.9. The lowest BCUT2D eigenvalue weighted by atomic mass is 10.2. The third-order valence-electron chi connectivity index (χ3n) is 2.25. The third kappa shape index (κ3) is 2.46. The number of rotatable bonds is 3. The lowest BCUT2D eigenvalue weighted by Gasteiger charge is -2.04. The highest BCUT2D eigenvalue weighted by Crippen LogP contribution is 2.10. The van der Waals surface area contributed by atoms with E-state index in [1.165, 1.54) is 0 Å². The van der Waals surface area contributed by atoms with E-state index in [1.54, 1.807) is 12.3 Å². The predicted molar refractivity (Wildman–Crippen MR) is 59.8 cm³/mol. The lowest BCUT2D eigenvalue weighted by Crippen LogP contribution is -2.08. The standard InChI is InChI=1S/C11H17N3O/c1-8-11(14(5)9(2)12-8)10(15)6-7-13(3)4/h6-7H,1-5H3. The molecule has 0 radical (unpaired) electrons. The fourth-order valence-electron chi connectivity index (χ4n) is 1.41. The van der Waals surface area contributed by atoms with Gasteiger partial charge in [-0.1, -0.05) is 0 Å². The molecule has 1 rings (SSSR count). The molecule has 0 bridgehead atoms. The van der Waals surface area contributed by atoms with Crippen LogP contribution in [-0.4, -0.2) is 34.3 Å². The fraction of sp³-hybridized carbons (Fsp3) is 0.455. The normalized spacial score (nSPS) is 11.0. The smallest absolute Gasteiger partial charge is 0.205 e. The number of hydrogen-bond donors (Lipinski definition) is 0. The zero-order valence-electron chi connectivity index (χ0n) is 9.90. The molecule has 15 heavy (non-hydrogen) atoms. The number of ketones is 1. The van der Waals surface area contributed by atoms with Crippen molar-refractivity contribution in [2.45, 2.75) is 13.8 Å². The molecule has 0 aliphatic heterocycles. The Morgan fingerprint density at radius 3 is 2.40 bits per heavy atom. The highest BCUT2D eigenvalue weighted by Gasteiger charge is 2.13. The average molecular weight is 207 g/mol. The van der Waals surface area contributed by atoms with Gasteiger partial charge in [-0.05, 0) is 13.8 Å². The summed E-state index contributed by atoms with van der Waals surface area (Å²) < 4.78 is 1.82. The van der Waals surface area contributed by atoms with Crippen LogP contribution in [-0.2, 0) is 7.05 Å². The van der Waals surface area contributed by atoms with Crippen molar-refractivity contribution in [3.05, 3.63) is 29.5 Å². The van der Waals surface area contributed by atoms with Crippen molar-refractivity contribution in [3.8, 4) is 0 Å². The Labute approximate surface area is 90.2 Å². The number of aryl methyl sites for hydroxylation is 2. The van der Waals surface area contributed by atoms with Crippen LogP contribution in [0.4, 0.5) is 0 Å². The molecule has 0 saturated carbocycles. The van der Waals surface area contributed by atoms with Gasteiger partial charge in [0.2, 0.25) is 5.78 Å². The molecule has 0 aromatic carbocycles. The molecule has 0 saturated heterocycles. The minimum Gasteiger partial charge on any atom is -0.383 e. The first kappa shape index (κ1) is 11.5. The molecule has 0 aliphatic carbocycles. The largest absolute Gasteiger partial charge is 0.383 e. The van der Waals surface area contributed by atoms with Crippen LogP contribution in [0.5, 0.6) is 0 Å². The zero-order valence-corrected chi connectivity index (χ0v) is 9.90. The second-order valence-corrected chi connectivity index (χ2v) is 3.80. The van der Waals surface area contributed by atoms with Gasteiger partial charge in [-0.25, -0.2) is 4.98 Å². The van der Waals surface area contributed by atoms with Crippen molar-refractivity contribution in [2.75, 3.05) is 14.1 Å². The SMILES string of the molecule is Cc1nc(C)n(C)c1C(=O)C=CN(C)C. The van der Waals surface area contributed by atoms with Crippen LogP contribution in [0.3, 0.4) is 0 Å². The molecule has 4 nitrogen and oxygen atoms in total. The summed E-state index contributed by atoms with van der Waals surface area (Å²) in [6.45, 7) is 3.74. The number of imidazole rings is 1. The summed E-state index contributed by atoms with van der Waals surface area (Å²) in [5.41, 5.74) is 1.44. The van der Waals surface area contributed by atoms with Crippen molar-refractivity contribution in [1.82, 2.24) is 14.5 Å².